The molecule has 2 N–H and O–H groups in total. The molecule has 0 spiro atoms. The molecule has 0 aliphatic rings. The van der Waals surface area contributed by atoms with Crippen LogP contribution in [0.15, 0.2) is 35.1 Å². The van der Waals surface area contributed by atoms with Gasteiger partial charge < -0.3 is 5.32 Å². The van der Waals surface area contributed by atoms with Gasteiger partial charge in [-0.25, -0.2) is 4.98 Å². The second-order valence-electron chi connectivity index (χ2n) is 4.49. The van der Waals surface area contributed by atoms with Crippen LogP contribution in [0.5, 0.6) is 0 Å². The first-order valence-electron chi connectivity index (χ1n) is 6.15. The predicted molar refractivity (Wildman–Crippen MR) is 68.6 cm³/mol. The summed E-state index contributed by atoms with van der Waals surface area (Å²) in [6, 6.07) is 4.82. The summed E-state index contributed by atoms with van der Waals surface area (Å²) in [6.45, 7) is -0.458. The second kappa shape index (κ2) is 5.94. The zero-order valence-electron chi connectivity index (χ0n) is 11.2. The fourth-order valence-electron chi connectivity index (χ4n) is 1.82. The van der Waals surface area contributed by atoms with E-state index < -0.39 is 41.7 Å². The van der Waals surface area contributed by atoms with Crippen LogP contribution in [0.4, 0.5) is 32.3 Å². The molecule has 0 radical (unpaired) electrons. The van der Waals surface area contributed by atoms with Gasteiger partial charge in [0.15, 0.2) is 5.69 Å². The van der Waals surface area contributed by atoms with E-state index in [1.165, 1.54) is 18.2 Å². The summed E-state index contributed by atoms with van der Waals surface area (Å²) in [7, 11) is 0. The first kappa shape index (κ1) is 16.8. The van der Waals surface area contributed by atoms with Crippen LogP contribution in [-0.4, -0.2) is 9.97 Å². The number of hydrogen-bond donors (Lipinski definition) is 2. The number of anilines is 1. The summed E-state index contributed by atoms with van der Waals surface area (Å²) in [4.78, 5) is 16.3. The number of nitrogens with zero attached hydrogens (tertiary/aromatic N) is 1. The first-order valence-corrected chi connectivity index (χ1v) is 6.15. The fourth-order valence-corrected chi connectivity index (χ4v) is 1.82. The Morgan fingerprint density at radius 3 is 2.30 bits per heavy atom. The van der Waals surface area contributed by atoms with E-state index in [1.54, 1.807) is 0 Å². The zero-order chi connectivity index (χ0) is 17.3. The SMILES string of the molecule is O=c1cc(C(F)(F)F)nc(NCc2ccccc2C(F)(F)F)[nH]1. The molecule has 4 nitrogen and oxygen atoms in total. The number of benzene rings is 1. The number of aromatic nitrogens is 2. The Labute approximate surface area is 125 Å². The van der Waals surface area contributed by atoms with Crippen LogP contribution in [0.1, 0.15) is 16.8 Å². The highest BCUT2D eigenvalue weighted by molar-refractivity contribution is 5.34. The van der Waals surface area contributed by atoms with Crippen molar-refractivity contribution in [1.82, 2.24) is 9.97 Å². The van der Waals surface area contributed by atoms with Gasteiger partial charge in [-0.05, 0) is 11.6 Å². The zero-order valence-corrected chi connectivity index (χ0v) is 11.2. The van der Waals surface area contributed by atoms with Crippen LogP contribution in [-0.2, 0) is 18.9 Å². The van der Waals surface area contributed by atoms with Crippen LogP contribution >= 0.6 is 0 Å². The lowest BCUT2D eigenvalue weighted by Gasteiger charge is -2.14. The molecule has 10 heteroatoms. The number of aromatic amines is 1. The highest BCUT2D eigenvalue weighted by Gasteiger charge is 2.34. The minimum atomic E-state index is -4.84. The number of rotatable bonds is 3. The number of H-pyrrole nitrogens is 1. The third-order valence-corrected chi connectivity index (χ3v) is 2.80. The van der Waals surface area contributed by atoms with Crippen LogP contribution in [0.2, 0.25) is 0 Å². The molecule has 0 amide bonds. The second-order valence-corrected chi connectivity index (χ2v) is 4.49. The molecule has 0 saturated heterocycles. The molecule has 0 bridgehead atoms. The van der Waals surface area contributed by atoms with Crippen molar-refractivity contribution in [2.45, 2.75) is 18.9 Å². The van der Waals surface area contributed by atoms with Crippen molar-refractivity contribution >= 4 is 5.95 Å². The van der Waals surface area contributed by atoms with E-state index in [9.17, 15) is 31.1 Å². The monoisotopic (exact) mass is 337 g/mol. The van der Waals surface area contributed by atoms with E-state index in [-0.39, 0.29) is 11.6 Å². The van der Waals surface area contributed by atoms with Crippen LogP contribution < -0.4 is 10.9 Å². The van der Waals surface area contributed by atoms with Crippen molar-refractivity contribution < 1.29 is 26.3 Å². The van der Waals surface area contributed by atoms with E-state index >= 15 is 0 Å². The van der Waals surface area contributed by atoms with Gasteiger partial charge in [0, 0.05) is 12.6 Å². The quantitative estimate of drug-likeness (QED) is 0.844. The highest BCUT2D eigenvalue weighted by atomic mass is 19.4. The maximum atomic E-state index is 12.8. The van der Waals surface area contributed by atoms with Crippen molar-refractivity contribution in [2.75, 3.05) is 5.32 Å². The topological polar surface area (TPSA) is 57.8 Å². The lowest BCUT2D eigenvalue weighted by Crippen LogP contribution is -2.19. The Morgan fingerprint density at radius 2 is 1.70 bits per heavy atom. The third-order valence-electron chi connectivity index (χ3n) is 2.80. The van der Waals surface area contributed by atoms with Crippen LogP contribution in [0, 0.1) is 0 Å². The maximum absolute atomic E-state index is 12.8. The van der Waals surface area contributed by atoms with Crippen molar-refractivity contribution in [3.05, 3.63) is 57.5 Å². The summed E-state index contributed by atoms with van der Waals surface area (Å²) >= 11 is 0. The summed E-state index contributed by atoms with van der Waals surface area (Å²) < 4.78 is 76.0. The standard InChI is InChI=1S/C13H9F6N3O/c14-12(15,16)8-4-2-1-3-7(8)6-20-11-21-9(13(17,18)19)5-10(23)22-11/h1-5H,6H2,(H2,20,21,22,23). The van der Waals surface area contributed by atoms with E-state index in [1.807, 2.05) is 4.98 Å². The van der Waals surface area contributed by atoms with Gasteiger partial charge in [0.2, 0.25) is 5.95 Å². The fraction of sp³-hybridized carbons (Fsp3) is 0.231. The van der Waals surface area contributed by atoms with Gasteiger partial charge >= 0.3 is 12.4 Å². The Bertz CT molecular complexity index is 750. The molecular weight excluding hydrogens is 328 g/mol. The number of alkyl halides is 6. The molecule has 2 rings (SSSR count). The summed E-state index contributed by atoms with van der Waals surface area (Å²) in [6.07, 6.45) is -9.44. The van der Waals surface area contributed by atoms with Crippen molar-refractivity contribution in [2.24, 2.45) is 0 Å². The molecule has 0 aliphatic heterocycles. The Morgan fingerprint density at radius 1 is 1.04 bits per heavy atom. The first-order chi connectivity index (χ1) is 10.6. The van der Waals surface area contributed by atoms with Gasteiger partial charge in [0.05, 0.1) is 5.56 Å². The lowest BCUT2D eigenvalue weighted by molar-refractivity contribution is -0.141. The molecule has 1 aromatic carbocycles. The molecular formula is C13H9F6N3O. The predicted octanol–water partition coefficient (Wildman–Crippen LogP) is 3.42. The average molecular weight is 337 g/mol. The Balaban J connectivity index is 2.26. The molecule has 23 heavy (non-hydrogen) atoms. The number of nitrogens with one attached hydrogen (secondary N) is 2. The van der Waals surface area contributed by atoms with Gasteiger partial charge in [-0.1, -0.05) is 18.2 Å². The van der Waals surface area contributed by atoms with E-state index in [0.717, 1.165) is 6.07 Å². The summed E-state index contributed by atoms with van der Waals surface area (Å²) in [5.74, 6) is -0.568. The highest BCUT2D eigenvalue weighted by Crippen LogP contribution is 2.32. The van der Waals surface area contributed by atoms with Gasteiger partial charge in [-0.3, -0.25) is 9.78 Å². The van der Waals surface area contributed by atoms with Crippen LogP contribution in [0.3, 0.4) is 0 Å². The number of hydrogen-bond acceptors (Lipinski definition) is 3. The van der Waals surface area contributed by atoms with E-state index in [0.29, 0.717) is 0 Å². The minimum absolute atomic E-state index is 0.194. The molecule has 2 aromatic rings. The summed E-state index contributed by atoms with van der Waals surface area (Å²) in [5, 5.41) is 2.26. The third kappa shape index (κ3) is 4.24. The largest absolute Gasteiger partial charge is 0.433 e. The maximum Gasteiger partial charge on any atom is 0.433 e. The smallest absolute Gasteiger partial charge is 0.352 e. The molecule has 0 atom stereocenters. The average Bonchev–Trinajstić information content (AvgIpc) is 2.43. The van der Waals surface area contributed by atoms with Crippen molar-refractivity contribution in [3.8, 4) is 0 Å². The molecule has 1 aromatic heterocycles. The van der Waals surface area contributed by atoms with Gasteiger partial charge in [0.25, 0.3) is 5.56 Å². The molecule has 0 saturated carbocycles. The van der Waals surface area contributed by atoms with Crippen molar-refractivity contribution in [3.63, 3.8) is 0 Å². The normalized spacial score (nSPS) is 12.3. The molecule has 0 fully saturated rings. The minimum Gasteiger partial charge on any atom is -0.352 e. The molecule has 1 heterocycles. The van der Waals surface area contributed by atoms with Gasteiger partial charge in [-0.15, -0.1) is 0 Å². The number of halogens is 6. The lowest BCUT2D eigenvalue weighted by atomic mass is 10.1. The van der Waals surface area contributed by atoms with E-state index in [4.69, 9.17) is 0 Å². The molecule has 0 aliphatic carbocycles. The van der Waals surface area contributed by atoms with E-state index in [2.05, 4.69) is 10.3 Å². The Kier molecular flexibility index (Phi) is 4.35. The van der Waals surface area contributed by atoms with Crippen molar-refractivity contribution in [1.29, 1.82) is 0 Å². The molecule has 124 valence electrons. The van der Waals surface area contributed by atoms with Crippen LogP contribution in [0.25, 0.3) is 0 Å². The van der Waals surface area contributed by atoms with Gasteiger partial charge in [-0.2, -0.15) is 26.3 Å². The Hall–Kier alpha value is -2.52. The summed E-state index contributed by atoms with van der Waals surface area (Å²) in [5.41, 5.74) is -3.63. The van der Waals surface area contributed by atoms with Gasteiger partial charge in [0.1, 0.15) is 0 Å². The molecule has 0 unspecified atom stereocenters.